The maximum atomic E-state index is 11.7. The third-order valence-corrected chi connectivity index (χ3v) is 2.99. The molecule has 0 fully saturated rings. The molecular weight excluding hydrogens is 296 g/mol. The van der Waals surface area contributed by atoms with Gasteiger partial charge in [-0.2, -0.15) is 0 Å². The van der Waals surface area contributed by atoms with Crippen molar-refractivity contribution in [1.29, 1.82) is 0 Å². The van der Waals surface area contributed by atoms with Crippen LogP contribution in [0.15, 0.2) is 60.7 Å². The summed E-state index contributed by atoms with van der Waals surface area (Å²) >= 11 is 0. The molecule has 0 aliphatic heterocycles. The topological polar surface area (TPSA) is 69.7 Å². The van der Waals surface area contributed by atoms with Crippen LogP contribution in [0.4, 0.5) is 0 Å². The molecule has 0 bridgehead atoms. The van der Waals surface area contributed by atoms with Crippen molar-refractivity contribution in [2.75, 3.05) is 13.2 Å². The highest BCUT2D eigenvalue weighted by atomic mass is 16.5. The third-order valence-electron chi connectivity index (χ3n) is 2.99. The van der Waals surface area contributed by atoms with E-state index in [0.717, 1.165) is 0 Å². The van der Waals surface area contributed by atoms with Gasteiger partial charge in [0.05, 0.1) is 18.8 Å². The summed E-state index contributed by atoms with van der Waals surface area (Å²) < 4.78 is 9.91. The first-order valence-electron chi connectivity index (χ1n) is 7.17. The molecule has 2 aromatic rings. The van der Waals surface area contributed by atoms with E-state index in [4.69, 9.17) is 9.47 Å². The molecule has 0 saturated carbocycles. The zero-order valence-electron chi connectivity index (χ0n) is 12.4. The molecule has 0 atom stereocenters. The smallest absolute Gasteiger partial charge is 0.379 e. The summed E-state index contributed by atoms with van der Waals surface area (Å²) in [4.78, 5) is 35.0. The molecule has 23 heavy (non-hydrogen) atoms. The summed E-state index contributed by atoms with van der Waals surface area (Å²) in [5.74, 6) is -2.03. The van der Waals surface area contributed by atoms with Crippen molar-refractivity contribution in [2.45, 2.75) is 6.42 Å². The quantitative estimate of drug-likeness (QED) is 0.340. The van der Waals surface area contributed by atoms with Crippen LogP contribution in [-0.4, -0.2) is 30.9 Å². The van der Waals surface area contributed by atoms with E-state index in [1.807, 2.05) is 0 Å². The first-order valence-corrected chi connectivity index (χ1v) is 7.17. The van der Waals surface area contributed by atoms with E-state index in [2.05, 4.69) is 0 Å². The Bertz CT molecular complexity index is 664. The van der Waals surface area contributed by atoms with Crippen LogP contribution in [0.5, 0.6) is 0 Å². The second-order valence-corrected chi connectivity index (χ2v) is 4.69. The number of carbonyl (C=O) groups excluding carboxylic acids is 3. The second kappa shape index (κ2) is 8.48. The molecule has 5 heteroatoms. The number of rotatable bonds is 7. The van der Waals surface area contributed by atoms with Gasteiger partial charge in [0.2, 0.25) is 0 Å². The van der Waals surface area contributed by atoms with Crippen molar-refractivity contribution in [3.05, 3.63) is 71.8 Å². The second-order valence-electron chi connectivity index (χ2n) is 4.69. The molecule has 118 valence electrons. The van der Waals surface area contributed by atoms with Gasteiger partial charge in [-0.05, 0) is 12.1 Å². The standard InChI is InChI=1S/C18H16O5/c19-16(14-8-3-1-4-9-14)18(21)23-13-7-12-22-17(20)15-10-5-2-6-11-15/h1-6,8-11H,7,12-13H2. The van der Waals surface area contributed by atoms with Crippen LogP contribution in [0.2, 0.25) is 0 Å². The van der Waals surface area contributed by atoms with Gasteiger partial charge in [-0.25, -0.2) is 9.59 Å². The van der Waals surface area contributed by atoms with Crippen molar-refractivity contribution >= 4 is 17.7 Å². The van der Waals surface area contributed by atoms with Gasteiger partial charge in [0, 0.05) is 12.0 Å². The van der Waals surface area contributed by atoms with Gasteiger partial charge in [0.25, 0.3) is 5.78 Å². The van der Waals surface area contributed by atoms with Crippen LogP contribution < -0.4 is 0 Å². The maximum Gasteiger partial charge on any atom is 0.379 e. The van der Waals surface area contributed by atoms with E-state index in [9.17, 15) is 14.4 Å². The molecule has 0 heterocycles. The Morgan fingerprint density at radius 1 is 0.696 bits per heavy atom. The fourth-order valence-electron chi connectivity index (χ4n) is 1.82. The number of carbonyl (C=O) groups is 3. The number of esters is 2. The summed E-state index contributed by atoms with van der Waals surface area (Å²) in [6.45, 7) is 0.125. The lowest BCUT2D eigenvalue weighted by atomic mass is 10.1. The van der Waals surface area contributed by atoms with Crippen LogP contribution in [0.1, 0.15) is 27.1 Å². The molecule has 0 aliphatic rings. The molecule has 0 N–H and O–H groups in total. The highest BCUT2D eigenvalue weighted by Crippen LogP contribution is 2.03. The minimum absolute atomic E-state index is 0.0134. The number of hydrogen-bond donors (Lipinski definition) is 0. The summed E-state index contributed by atoms with van der Waals surface area (Å²) in [7, 11) is 0. The predicted octanol–water partition coefficient (Wildman–Crippen LogP) is 2.66. The van der Waals surface area contributed by atoms with Crippen molar-refractivity contribution < 1.29 is 23.9 Å². The summed E-state index contributed by atoms with van der Waals surface area (Å²) in [6.07, 6.45) is 0.326. The van der Waals surface area contributed by atoms with Crippen LogP contribution >= 0.6 is 0 Å². The Morgan fingerprint density at radius 3 is 1.83 bits per heavy atom. The van der Waals surface area contributed by atoms with E-state index >= 15 is 0 Å². The average Bonchev–Trinajstić information content (AvgIpc) is 2.62. The van der Waals surface area contributed by atoms with Crippen molar-refractivity contribution in [3.63, 3.8) is 0 Å². The Balaban J connectivity index is 1.66. The van der Waals surface area contributed by atoms with Gasteiger partial charge in [-0.3, -0.25) is 4.79 Å². The van der Waals surface area contributed by atoms with Crippen LogP contribution in [0.25, 0.3) is 0 Å². The molecule has 0 radical (unpaired) electrons. The zero-order chi connectivity index (χ0) is 16.5. The van der Waals surface area contributed by atoms with Gasteiger partial charge < -0.3 is 9.47 Å². The largest absolute Gasteiger partial charge is 0.462 e. The van der Waals surface area contributed by atoms with Gasteiger partial charge >= 0.3 is 11.9 Å². The number of benzene rings is 2. The lowest BCUT2D eigenvalue weighted by Crippen LogP contribution is -2.19. The molecule has 0 unspecified atom stereocenters. The SMILES string of the molecule is O=C(OCCCOC(=O)c1ccccc1)C(=O)c1ccccc1. The summed E-state index contributed by atoms with van der Waals surface area (Å²) in [5.41, 5.74) is 0.747. The Morgan fingerprint density at radius 2 is 1.22 bits per heavy atom. The monoisotopic (exact) mass is 312 g/mol. The fourth-order valence-corrected chi connectivity index (χ4v) is 1.82. The minimum atomic E-state index is -0.911. The zero-order valence-corrected chi connectivity index (χ0v) is 12.4. The molecule has 0 aromatic heterocycles. The molecular formula is C18H16O5. The highest BCUT2D eigenvalue weighted by molar-refractivity contribution is 6.40. The van der Waals surface area contributed by atoms with Crippen LogP contribution in [-0.2, 0) is 14.3 Å². The molecule has 0 spiro atoms. The van der Waals surface area contributed by atoms with E-state index in [1.165, 1.54) is 0 Å². The molecule has 2 rings (SSSR count). The van der Waals surface area contributed by atoms with Gasteiger partial charge in [0.1, 0.15) is 0 Å². The number of Topliss-reactive ketones (excluding diaryl/α,β-unsaturated/α-hetero) is 1. The predicted molar refractivity (Wildman–Crippen MR) is 83.1 cm³/mol. The maximum absolute atomic E-state index is 11.7. The normalized spacial score (nSPS) is 9.91. The summed E-state index contributed by atoms with van der Waals surface area (Å²) in [6, 6.07) is 16.8. The number of hydrogen-bond acceptors (Lipinski definition) is 5. The number of ether oxygens (including phenoxy) is 2. The Labute approximate surface area is 133 Å². The van der Waals surface area contributed by atoms with Gasteiger partial charge in [-0.1, -0.05) is 48.5 Å². The van der Waals surface area contributed by atoms with Crippen LogP contribution in [0, 0.1) is 0 Å². The van der Waals surface area contributed by atoms with Crippen LogP contribution in [0.3, 0.4) is 0 Å². The first kappa shape index (κ1) is 16.4. The molecule has 5 nitrogen and oxygen atoms in total. The molecule has 0 aliphatic carbocycles. The van der Waals surface area contributed by atoms with Crippen molar-refractivity contribution in [1.82, 2.24) is 0 Å². The summed E-state index contributed by atoms with van der Waals surface area (Å²) in [5, 5.41) is 0. The minimum Gasteiger partial charge on any atom is -0.462 e. The van der Waals surface area contributed by atoms with E-state index in [0.29, 0.717) is 12.0 Å². The third kappa shape index (κ3) is 5.07. The lowest BCUT2D eigenvalue weighted by molar-refractivity contribution is -0.138. The average molecular weight is 312 g/mol. The fraction of sp³-hybridized carbons (Fsp3) is 0.167. The van der Waals surface area contributed by atoms with Crippen molar-refractivity contribution in [3.8, 4) is 0 Å². The van der Waals surface area contributed by atoms with E-state index in [-0.39, 0.29) is 18.8 Å². The first-order chi connectivity index (χ1) is 11.2. The number of ketones is 1. The molecule has 0 amide bonds. The highest BCUT2D eigenvalue weighted by Gasteiger charge is 2.17. The lowest BCUT2D eigenvalue weighted by Gasteiger charge is -2.06. The van der Waals surface area contributed by atoms with Gasteiger partial charge in [-0.15, -0.1) is 0 Å². The Kier molecular flexibility index (Phi) is 6.06. The Hall–Kier alpha value is -2.95. The van der Waals surface area contributed by atoms with E-state index in [1.54, 1.807) is 60.7 Å². The van der Waals surface area contributed by atoms with Crippen molar-refractivity contribution in [2.24, 2.45) is 0 Å². The molecule has 0 saturated heterocycles. The van der Waals surface area contributed by atoms with Gasteiger partial charge in [0.15, 0.2) is 0 Å². The van der Waals surface area contributed by atoms with E-state index < -0.39 is 17.7 Å². The molecule has 2 aromatic carbocycles.